The molecule has 5 nitrogen and oxygen atoms in total. The van der Waals surface area contributed by atoms with Crippen molar-refractivity contribution < 1.29 is 14.4 Å². The summed E-state index contributed by atoms with van der Waals surface area (Å²) in [5.41, 5.74) is 1.46. The predicted octanol–water partition coefficient (Wildman–Crippen LogP) is 4.98. The highest BCUT2D eigenvalue weighted by Gasteiger charge is 2.22. The summed E-state index contributed by atoms with van der Waals surface area (Å²) in [4.78, 5) is 21.6. The Morgan fingerprint density at radius 1 is 1.10 bits per heavy atom. The van der Waals surface area contributed by atoms with Crippen molar-refractivity contribution in [1.82, 2.24) is 10.0 Å². The number of piperidine rings is 1. The van der Waals surface area contributed by atoms with Gasteiger partial charge in [0.2, 0.25) is 0 Å². The molecule has 0 bridgehead atoms. The summed E-state index contributed by atoms with van der Waals surface area (Å²) in [6, 6.07) is 8.73. The van der Waals surface area contributed by atoms with Crippen LogP contribution in [0.2, 0.25) is 0 Å². The zero-order valence-corrected chi connectivity index (χ0v) is 17.7. The number of ether oxygens (including phenoxy) is 1. The van der Waals surface area contributed by atoms with Crippen LogP contribution in [0, 0.1) is 5.92 Å². The van der Waals surface area contributed by atoms with Gasteiger partial charge in [-0.2, -0.15) is 0 Å². The van der Waals surface area contributed by atoms with Gasteiger partial charge >= 0.3 is 5.97 Å². The van der Waals surface area contributed by atoms with Gasteiger partial charge < -0.3 is 9.57 Å². The quantitative estimate of drug-likeness (QED) is 0.610. The molecule has 0 spiro atoms. The summed E-state index contributed by atoms with van der Waals surface area (Å²) in [5, 5.41) is 4.48. The standard InChI is InChI=1S/C23H30N2O3S/c26-23(17-22-24-12-16-29-22)28-25-13-9-18(10-14-25)11-15-27-21-7-5-20(6-8-21)19-3-1-2-4-19/h5-8,12,16,18-19H,1-4,9-11,13-15,17H2. The third kappa shape index (κ3) is 6.03. The molecule has 1 aliphatic heterocycles. The van der Waals surface area contributed by atoms with Crippen molar-refractivity contribution in [1.29, 1.82) is 0 Å². The molecule has 1 aromatic heterocycles. The number of rotatable bonds is 8. The molecule has 6 heteroatoms. The van der Waals surface area contributed by atoms with Gasteiger partial charge in [-0.25, -0.2) is 9.78 Å². The molecule has 0 radical (unpaired) electrons. The Morgan fingerprint density at radius 3 is 2.55 bits per heavy atom. The van der Waals surface area contributed by atoms with Crippen molar-refractivity contribution in [2.75, 3.05) is 19.7 Å². The molecule has 1 aliphatic carbocycles. The molecule has 156 valence electrons. The summed E-state index contributed by atoms with van der Waals surface area (Å²) in [6.45, 7) is 2.34. The Morgan fingerprint density at radius 2 is 1.86 bits per heavy atom. The number of benzene rings is 1. The Kier molecular flexibility index (Phi) is 7.17. The first-order valence-corrected chi connectivity index (χ1v) is 11.7. The summed E-state index contributed by atoms with van der Waals surface area (Å²) in [5.74, 6) is 2.13. The third-order valence-electron chi connectivity index (χ3n) is 6.08. The molecule has 1 saturated carbocycles. The monoisotopic (exact) mass is 414 g/mol. The second kappa shape index (κ2) is 10.2. The second-order valence-corrected chi connectivity index (χ2v) is 9.10. The summed E-state index contributed by atoms with van der Waals surface area (Å²) in [6.07, 6.45) is 10.5. The number of thiazole rings is 1. The molecule has 2 heterocycles. The van der Waals surface area contributed by atoms with Gasteiger partial charge in [-0.1, -0.05) is 25.0 Å². The number of nitrogens with zero attached hydrogens (tertiary/aromatic N) is 2. The van der Waals surface area contributed by atoms with Gasteiger partial charge in [-0.3, -0.25) is 0 Å². The average molecular weight is 415 g/mol. The minimum atomic E-state index is -0.220. The van der Waals surface area contributed by atoms with E-state index in [1.54, 1.807) is 11.3 Å². The van der Waals surface area contributed by atoms with Gasteiger partial charge in [0.25, 0.3) is 0 Å². The molecule has 1 aromatic carbocycles. The molecule has 2 fully saturated rings. The topological polar surface area (TPSA) is 51.7 Å². The highest BCUT2D eigenvalue weighted by molar-refractivity contribution is 7.09. The first kappa shape index (κ1) is 20.4. The summed E-state index contributed by atoms with van der Waals surface area (Å²) >= 11 is 1.48. The lowest BCUT2D eigenvalue weighted by Crippen LogP contribution is -2.36. The molecular weight excluding hydrogens is 384 g/mol. The van der Waals surface area contributed by atoms with E-state index in [2.05, 4.69) is 29.2 Å². The van der Waals surface area contributed by atoms with E-state index in [1.165, 1.54) is 42.6 Å². The van der Waals surface area contributed by atoms with Crippen LogP contribution >= 0.6 is 11.3 Å². The van der Waals surface area contributed by atoms with Crippen molar-refractivity contribution in [3.63, 3.8) is 0 Å². The maximum Gasteiger partial charge on any atom is 0.331 e. The zero-order valence-electron chi connectivity index (χ0n) is 16.9. The lowest BCUT2D eigenvalue weighted by Gasteiger charge is -2.30. The fourth-order valence-electron chi connectivity index (χ4n) is 4.37. The lowest BCUT2D eigenvalue weighted by atomic mass is 9.95. The van der Waals surface area contributed by atoms with Crippen molar-refractivity contribution in [2.45, 2.75) is 57.3 Å². The predicted molar refractivity (Wildman–Crippen MR) is 114 cm³/mol. The number of hydrogen-bond donors (Lipinski definition) is 0. The van der Waals surface area contributed by atoms with Gasteiger partial charge in [0.1, 0.15) is 10.8 Å². The minimum Gasteiger partial charge on any atom is -0.494 e. The van der Waals surface area contributed by atoms with Crippen LogP contribution in [-0.2, 0) is 16.1 Å². The van der Waals surface area contributed by atoms with E-state index in [9.17, 15) is 4.79 Å². The van der Waals surface area contributed by atoms with Crippen molar-refractivity contribution in [3.05, 3.63) is 46.4 Å². The van der Waals surface area contributed by atoms with Crippen LogP contribution in [0.25, 0.3) is 0 Å². The molecule has 0 unspecified atom stereocenters. The molecule has 1 saturated heterocycles. The zero-order chi connectivity index (χ0) is 19.9. The first-order valence-electron chi connectivity index (χ1n) is 10.8. The normalized spacial score (nSPS) is 18.8. The van der Waals surface area contributed by atoms with E-state index >= 15 is 0 Å². The third-order valence-corrected chi connectivity index (χ3v) is 6.86. The average Bonchev–Trinajstić information content (AvgIpc) is 3.44. The van der Waals surface area contributed by atoms with Crippen LogP contribution in [0.3, 0.4) is 0 Å². The smallest absolute Gasteiger partial charge is 0.331 e. The number of aromatic nitrogens is 1. The van der Waals surface area contributed by atoms with E-state index in [0.717, 1.165) is 55.6 Å². The molecule has 0 atom stereocenters. The molecule has 4 rings (SSSR count). The van der Waals surface area contributed by atoms with Crippen LogP contribution < -0.4 is 4.74 Å². The first-order chi connectivity index (χ1) is 14.3. The number of carbonyl (C=O) groups excluding carboxylic acids is 1. The highest BCUT2D eigenvalue weighted by Crippen LogP contribution is 2.34. The van der Waals surface area contributed by atoms with E-state index in [-0.39, 0.29) is 12.4 Å². The lowest BCUT2D eigenvalue weighted by molar-refractivity contribution is -0.196. The SMILES string of the molecule is O=C(Cc1nccs1)ON1CCC(CCOc2ccc(C3CCCC3)cc2)CC1. The van der Waals surface area contributed by atoms with Gasteiger partial charge in [0.15, 0.2) is 0 Å². The van der Waals surface area contributed by atoms with Crippen molar-refractivity contribution in [3.8, 4) is 5.75 Å². The Balaban J connectivity index is 1.12. The largest absolute Gasteiger partial charge is 0.494 e. The van der Waals surface area contributed by atoms with E-state index in [1.807, 2.05) is 5.38 Å². The van der Waals surface area contributed by atoms with Gasteiger partial charge in [-0.05, 0) is 61.6 Å². The van der Waals surface area contributed by atoms with Gasteiger partial charge in [-0.15, -0.1) is 16.4 Å². The maximum absolute atomic E-state index is 12.0. The van der Waals surface area contributed by atoms with Crippen LogP contribution in [0.1, 0.15) is 61.4 Å². The number of hydroxylamine groups is 2. The van der Waals surface area contributed by atoms with Crippen molar-refractivity contribution >= 4 is 17.3 Å². The van der Waals surface area contributed by atoms with E-state index in [0.29, 0.717) is 5.92 Å². The second-order valence-electron chi connectivity index (χ2n) is 8.13. The van der Waals surface area contributed by atoms with Gasteiger partial charge in [0.05, 0.1) is 13.0 Å². The van der Waals surface area contributed by atoms with E-state index < -0.39 is 0 Å². The Hall–Kier alpha value is -1.92. The maximum atomic E-state index is 12.0. The van der Waals surface area contributed by atoms with Gasteiger partial charge in [0, 0.05) is 24.7 Å². The molecule has 2 aromatic rings. The molecule has 0 N–H and O–H groups in total. The summed E-state index contributed by atoms with van der Waals surface area (Å²) < 4.78 is 5.97. The minimum absolute atomic E-state index is 0.220. The molecule has 29 heavy (non-hydrogen) atoms. The van der Waals surface area contributed by atoms with Crippen molar-refractivity contribution in [2.24, 2.45) is 5.92 Å². The molecular formula is C23H30N2O3S. The summed E-state index contributed by atoms with van der Waals surface area (Å²) in [7, 11) is 0. The van der Waals surface area contributed by atoms with Crippen LogP contribution in [0.15, 0.2) is 35.8 Å². The van der Waals surface area contributed by atoms with Crippen LogP contribution in [0.4, 0.5) is 0 Å². The fourth-order valence-corrected chi connectivity index (χ4v) is 4.97. The molecule has 0 amide bonds. The molecule has 2 aliphatic rings. The highest BCUT2D eigenvalue weighted by atomic mass is 32.1. The van der Waals surface area contributed by atoms with Crippen LogP contribution in [-0.4, -0.2) is 35.7 Å². The fraction of sp³-hybridized carbons (Fsp3) is 0.565. The number of hydrogen-bond acceptors (Lipinski definition) is 6. The number of carbonyl (C=O) groups is 1. The Labute approximate surface area is 177 Å². The Bertz CT molecular complexity index is 749. The van der Waals surface area contributed by atoms with Crippen LogP contribution in [0.5, 0.6) is 5.75 Å². The van der Waals surface area contributed by atoms with E-state index in [4.69, 9.17) is 9.57 Å².